The third kappa shape index (κ3) is 2.70. The van der Waals surface area contributed by atoms with Crippen LogP contribution in [0.2, 0.25) is 5.02 Å². The number of para-hydroxylation sites is 1. The molecule has 0 saturated heterocycles. The molecule has 1 amide bonds. The summed E-state index contributed by atoms with van der Waals surface area (Å²) in [4.78, 5) is 12.5. The summed E-state index contributed by atoms with van der Waals surface area (Å²) in [6.45, 7) is 0. The lowest BCUT2D eigenvalue weighted by Crippen LogP contribution is -2.12. The summed E-state index contributed by atoms with van der Waals surface area (Å²) in [6, 6.07) is 8.62. The van der Waals surface area contributed by atoms with Crippen molar-refractivity contribution in [2.24, 2.45) is 0 Å². The SMILES string of the molecule is COc1cccc(C#N)c1NC(=O)c1sccc1Cl. The summed E-state index contributed by atoms with van der Waals surface area (Å²) < 4.78 is 5.14. The number of benzene rings is 1. The number of nitrogens with one attached hydrogen (secondary N) is 1. The molecule has 2 aromatic rings. The molecule has 6 heteroatoms. The molecular weight excluding hydrogens is 284 g/mol. The van der Waals surface area contributed by atoms with Gasteiger partial charge in [-0.25, -0.2) is 0 Å². The van der Waals surface area contributed by atoms with Gasteiger partial charge >= 0.3 is 0 Å². The number of anilines is 1. The van der Waals surface area contributed by atoms with Gasteiger partial charge in [-0.05, 0) is 23.6 Å². The van der Waals surface area contributed by atoms with E-state index in [0.717, 1.165) is 0 Å². The minimum atomic E-state index is -0.360. The average Bonchev–Trinajstić information content (AvgIpc) is 2.85. The van der Waals surface area contributed by atoms with Gasteiger partial charge < -0.3 is 10.1 Å². The number of amides is 1. The highest BCUT2D eigenvalue weighted by atomic mass is 35.5. The van der Waals surface area contributed by atoms with E-state index < -0.39 is 0 Å². The summed E-state index contributed by atoms with van der Waals surface area (Å²) in [5.41, 5.74) is 0.683. The number of ether oxygens (including phenoxy) is 1. The van der Waals surface area contributed by atoms with Crippen molar-refractivity contribution in [3.8, 4) is 11.8 Å². The smallest absolute Gasteiger partial charge is 0.267 e. The summed E-state index contributed by atoms with van der Waals surface area (Å²) in [7, 11) is 1.48. The quantitative estimate of drug-likeness (QED) is 0.941. The molecule has 1 N–H and O–H groups in total. The molecular formula is C13H9ClN2O2S. The number of carbonyl (C=O) groups is 1. The maximum absolute atomic E-state index is 12.1. The van der Waals surface area contributed by atoms with Crippen molar-refractivity contribution in [2.45, 2.75) is 0 Å². The number of nitrogens with zero attached hydrogens (tertiary/aromatic N) is 1. The first-order valence-electron chi connectivity index (χ1n) is 5.28. The summed E-state index contributed by atoms with van der Waals surface area (Å²) in [5.74, 6) is 0.0704. The van der Waals surface area contributed by atoms with Crippen molar-refractivity contribution in [3.63, 3.8) is 0 Å². The Balaban J connectivity index is 2.36. The average molecular weight is 293 g/mol. The fourth-order valence-corrected chi connectivity index (χ4v) is 2.59. The van der Waals surface area contributed by atoms with Crippen LogP contribution in [0.15, 0.2) is 29.6 Å². The second-order valence-corrected chi connectivity index (χ2v) is 4.87. The van der Waals surface area contributed by atoms with Gasteiger partial charge in [0.2, 0.25) is 0 Å². The summed E-state index contributed by atoms with van der Waals surface area (Å²) in [5, 5.41) is 13.8. The summed E-state index contributed by atoms with van der Waals surface area (Å²) >= 11 is 7.14. The van der Waals surface area contributed by atoms with Gasteiger partial charge in [-0.1, -0.05) is 17.7 Å². The molecule has 0 unspecified atom stereocenters. The first-order valence-corrected chi connectivity index (χ1v) is 6.54. The second-order valence-electron chi connectivity index (χ2n) is 3.55. The van der Waals surface area contributed by atoms with Gasteiger partial charge in [0.1, 0.15) is 22.4 Å². The van der Waals surface area contributed by atoms with Gasteiger partial charge in [0.05, 0.1) is 17.7 Å². The predicted octanol–water partition coefficient (Wildman–Crippen LogP) is 3.53. The van der Waals surface area contributed by atoms with E-state index in [1.54, 1.807) is 29.6 Å². The van der Waals surface area contributed by atoms with Crippen LogP contribution in [0.1, 0.15) is 15.2 Å². The van der Waals surface area contributed by atoms with Crippen molar-refractivity contribution in [2.75, 3.05) is 12.4 Å². The zero-order valence-electron chi connectivity index (χ0n) is 9.94. The maximum atomic E-state index is 12.1. The molecule has 0 saturated carbocycles. The zero-order chi connectivity index (χ0) is 13.8. The molecule has 0 atom stereocenters. The topological polar surface area (TPSA) is 62.1 Å². The van der Waals surface area contributed by atoms with Crippen LogP contribution in [0.4, 0.5) is 5.69 Å². The van der Waals surface area contributed by atoms with E-state index >= 15 is 0 Å². The molecule has 0 aliphatic rings. The summed E-state index contributed by atoms with van der Waals surface area (Å²) in [6.07, 6.45) is 0. The Hall–Kier alpha value is -2.03. The monoisotopic (exact) mass is 292 g/mol. The molecule has 4 nitrogen and oxygen atoms in total. The van der Waals surface area contributed by atoms with E-state index in [1.807, 2.05) is 6.07 Å². The lowest BCUT2D eigenvalue weighted by molar-refractivity contribution is 0.103. The van der Waals surface area contributed by atoms with E-state index in [4.69, 9.17) is 21.6 Å². The minimum Gasteiger partial charge on any atom is -0.495 e. The molecule has 1 heterocycles. The van der Waals surface area contributed by atoms with E-state index in [2.05, 4.69) is 5.32 Å². The van der Waals surface area contributed by atoms with Crippen molar-refractivity contribution >= 4 is 34.5 Å². The number of hydrogen-bond acceptors (Lipinski definition) is 4. The number of hydrogen-bond donors (Lipinski definition) is 1. The number of carbonyl (C=O) groups excluding carboxylic acids is 1. The Kier molecular flexibility index (Phi) is 4.05. The lowest BCUT2D eigenvalue weighted by Gasteiger charge is -2.11. The first kappa shape index (κ1) is 13.4. The molecule has 0 spiro atoms. The molecule has 19 heavy (non-hydrogen) atoms. The van der Waals surface area contributed by atoms with Gasteiger partial charge in [-0.15, -0.1) is 11.3 Å². The number of nitriles is 1. The third-order valence-electron chi connectivity index (χ3n) is 2.43. The highest BCUT2D eigenvalue weighted by Crippen LogP contribution is 2.30. The second kappa shape index (κ2) is 5.74. The van der Waals surface area contributed by atoms with Crippen molar-refractivity contribution in [1.82, 2.24) is 0 Å². The van der Waals surface area contributed by atoms with E-state index in [9.17, 15) is 4.79 Å². The number of thiophene rings is 1. The van der Waals surface area contributed by atoms with E-state index in [1.165, 1.54) is 18.4 Å². The molecule has 0 bridgehead atoms. The molecule has 96 valence electrons. The standard InChI is InChI=1S/C13H9ClN2O2S/c1-18-10-4-2-3-8(7-15)11(10)16-13(17)12-9(14)5-6-19-12/h2-6H,1H3,(H,16,17). The third-order valence-corrected chi connectivity index (χ3v) is 3.77. The molecule has 0 aliphatic carbocycles. The van der Waals surface area contributed by atoms with E-state index in [0.29, 0.717) is 26.9 Å². The van der Waals surface area contributed by atoms with Crippen molar-refractivity contribution in [1.29, 1.82) is 5.26 Å². The Morgan fingerprint density at radius 1 is 1.47 bits per heavy atom. The lowest BCUT2D eigenvalue weighted by atomic mass is 10.1. The molecule has 0 radical (unpaired) electrons. The number of halogens is 1. The normalized spacial score (nSPS) is 9.74. The zero-order valence-corrected chi connectivity index (χ0v) is 11.5. The van der Waals surface area contributed by atoms with Crippen LogP contribution < -0.4 is 10.1 Å². The minimum absolute atomic E-state index is 0.334. The van der Waals surface area contributed by atoms with Crippen LogP contribution in [0, 0.1) is 11.3 Å². The van der Waals surface area contributed by atoms with Gasteiger partial charge in [0.15, 0.2) is 0 Å². The number of rotatable bonds is 3. The van der Waals surface area contributed by atoms with Crippen LogP contribution >= 0.6 is 22.9 Å². The Labute approximate surface area is 119 Å². The highest BCUT2D eigenvalue weighted by Gasteiger charge is 2.16. The largest absolute Gasteiger partial charge is 0.495 e. The van der Waals surface area contributed by atoms with Crippen LogP contribution in [0.3, 0.4) is 0 Å². The molecule has 1 aromatic carbocycles. The molecule has 0 fully saturated rings. The van der Waals surface area contributed by atoms with Crippen molar-refractivity contribution < 1.29 is 9.53 Å². The van der Waals surface area contributed by atoms with Crippen LogP contribution in [-0.2, 0) is 0 Å². The van der Waals surface area contributed by atoms with Crippen LogP contribution in [0.5, 0.6) is 5.75 Å². The van der Waals surface area contributed by atoms with Gasteiger partial charge in [0, 0.05) is 0 Å². The number of methoxy groups -OCH3 is 1. The molecule has 2 rings (SSSR count). The maximum Gasteiger partial charge on any atom is 0.267 e. The van der Waals surface area contributed by atoms with Crippen LogP contribution in [0.25, 0.3) is 0 Å². The predicted molar refractivity (Wildman–Crippen MR) is 75.0 cm³/mol. The first-order chi connectivity index (χ1) is 9.17. The van der Waals surface area contributed by atoms with Crippen molar-refractivity contribution in [3.05, 3.63) is 45.1 Å². The Morgan fingerprint density at radius 2 is 2.26 bits per heavy atom. The van der Waals surface area contributed by atoms with E-state index in [-0.39, 0.29) is 5.91 Å². The van der Waals surface area contributed by atoms with Crippen LogP contribution in [-0.4, -0.2) is 13.0 Å². The fourth-order valence-electron chi connectivity index (χ4n) is 1.55. The Bertz CT molecular complexity index is 661. The van der Waals surface area contributed by atoms with Gasteiger partial charge in [-0.2, -0.15) is 5.26 Å². The molecule has 0 aliphatic heterocycles. The van der Waals surface area contributed by atoms with Gasteiger partial charge in [-0.3, -0.25) is 4.79 Å². The molecule has 1 aromatic heterocycles. The fraction of sp³-hybridized carbons (Fsp3) is 0.0769. The Morgan fingerprint density at radius 3 is 2.84 bits per heavy atom. The highest BCUT2D eigenvalue weighted by molar-refractivity contribution is 7.12. The van der Waals surface area contributed by atoms with Gasteiger partial charge in [0.25, 0.3) is 5.91 Å².